The summed E-state index contributed by atoms with van der Waals surface area (Å²) in [7, 11) is 0. The Morgan fingerprint density at radius 1 is 1.00 bits per heavy atom. The molecule has 4 nitrogen and oxygen atoms in total. The highest BCUT2D eigenvalue weighted by Gasteiger charge is 1.97. The molecule has 0 bridgehead atoms. The predicted octanol–water partition coefficient (Wildman–Crippen LogP) is 0.734. The first-order valence-corrected chi connectivity index (χ1v) is 3.40. The SMILES string of the molecule is [c]1cnc(-c2cncnc2)nc1. The molecule has 1 radical (unpaired) electrons. The van der Waals surface area contributed by atoms with Crippen LogP contribution in [0.3, 0.4) is 0 Å². The first-order chi connectivity index (χ1) is 5.97. The quantitative estimate of drug-likeness (QED) is 0.612. The first-order valence-electron chi connectivity index (χ1n) is 3.40. The molecule has 12 heavy (non-hydrogen) atoms. The Morgan fingerprint density at radius 2 is 1.67 bits per heavy atom. The Bertz CT molecular complexity index is 308. The van der Waals surface area contributed by atoms with E-state index in [1.165, 1.54) is 6.33 Å². The smallest absolute Gasteiger partial charge is 0.162 e. The molecule has 2 heterocycles. The van der Waals surface area contributed by atoms with E-state index < -0.39 is 0 Å². The lowest BCUT2D eigenvalue weighted by molar-refractivity contribution is 1.12. The molecule has 2 aromatic heterocycles. The van der Waals surface area contributed by atoms with E-state index in [9.17, 15) is 0 Å². The van der Waals surface area contributed by atoms with Gasteiger partial charge in [0.15, 0.2) is 5.82 Å². The zero-order chi connectivity index (χ0) is 8.23. The number of hydrogen-bond donors (Lipinski definition) is 0. The van der Waals surface area contributed by atoms with Gasteiger partial charge in [-0.25, -0.2) is 19.9 Å². The van der Waals surface area contributed by atoms with Crippen molar-refractivity contribution in [2.45, 2.75) is 0 Å². The van der Waals surface area contributed by atoms with Crippen LogP contribution in [0.2, 0.25) is 0 Å². The summed E-state index contributed by atoms with van der Waals surface area (Å²) in [5.41, 5.74) is 0.812. The van der Waals surface area contributed by atoms with Crippen LogP contribution in [0.4, 0.5) is 0 Å². The summed E-state index contributed by atoms with van der Waals surface area (Å²) >= 11 is 0. The van der Waals surface area contributed by atoms with Crippen LogP contribution >= 0.6 is 0 Å². The molecule has 0 N–H and O–H groups in total. The third-order valence-corrected chi connectivity index (χ3v) is 1.34. The highest BCUT2D eigenvalue weighted by Crippen LogP contribution is 2.08. The third-order valence-electron chi connectivity index (χ3n) is 1.34. The summed E-state index contributed by atoms with van der Waals surface area (Å²) in [6, 6.07) is 2.74. The van der Waals surface area contributed by atoms with Gasteiger partial charge in [0, 0.05) is 30.9 Å². The Balaban J connectivity index is 2.46. The van der Waals surface area contributed by atoms with Gasteiger partial charge in [-0.3, -0.25) is 0 Å². The van der Waals surface area contributed by atoms with Gasteiger partial charge in [0.1, 0.15) is 6.33 Å². The van der Waals surface area contributed by atoms with E-state index in [0.717, 1.165) is 5.56 Å². The Kier molecular flexibility index (Phi) is 1.74. The van der Waals surface area contributed by atoms with Crippen molar-refractivity contribution in [3.8, 4) is 11.4 Å². The van der Waals surface area contributed by atoms with Crippen molar-refractivity contribution >= 4 is 0 Å². The summed E-state index contributed by atoms with van der Waals surface area (Å²) < 4.78 is 0. The maximum absolute atomic E-state index is 4.00. The molecule has 0 fully saturated rings. The second-order valence-electron chi connectivity index (χ2n) is 2.13. The fourth-order valence-corrected chi connectivity index (χ4v) is 0.827. The molecule has 0 unspecified atom stereocenters. The Labute approximate surface area is 69.4 Å². The summed E-state index contributed by atoms with van der Waals surface area (Å²) in [5.74, 6) is 0.620. The second-order valence-corrected chi connectivity index (χ2v) is 2.13. The molecule has 4 heteroatoms. The number of nitrogens with zero attached hydrogens (tertiary/aromatic N) is 4. The van der Waals surface area contributed by atoms with Gasteiger partial charge in [-0.2, -0.15) is 0 Å². The number of rotatable bonds is 1. The topological polar surface area (TPSA) is 51.6 Å². The van der Waals surface area contributed by atoms with E-state index >= 15 is 0 Å². The van der Waals surface area contributed by atoms with Crippen LogP contribution in [0.1, 0.15) is 0 Å². The molecule has 0 atom stereocenters. The van der Waals surface area contributed by atoms with Crippen LogP contribution in [-0.4, -0.2) is 19.9 Å². The molecule has 0 aliphatic rings. The van der Waals surface area contributed by atoms with Gasteiger partial charge in [-0.15, -0.1) is 0 Å². The fraction of sp³-hybridized carbons (Fsp3) is 0. The summed E-state index contributed by atoms with van der Waals surface area (Å²) in [6.45, 7) is 0. The molecular formula is C8H5N4. The van der Waals surface area contributed by atoms with Crippen LogP contribution in [0.5, 0.6) is 0 Å². The highest BCUT2D eigenvalue weighted by molar-refractivity contribution is 5.50. The van der Waals surface area contributed by atoms with Crippen LogP contribution in [0.15, 0.2) is 31.1 Å². The van der Waals surface area contributed by atoms with E-state index in [0.29, 0.717) is 5.82 Å². The van der Waals surface area contributed by atoms with Gasteiger partial charge in [-0.1, -0.05) is 0 Å². The average Bonchev–Trinajstić information content (AvgIpc) is 2.21. The van der Waals surface area contributed by atoms with Gasteiger partial charge < -0.3 is 0 Å². The minimum absolute atomic E-state index is 0.620. The van der Waals surface area contributed by atoms with Crippen molar-refractivity contribution in [3.05, 3.63) is 37.2 Å². The van der Waals surface area contributed by atoms with Gasteiger partial charge in [0.2, 0.25) is 0 Å². The standard InChI is InChI=1S/C8H5N4/c1-2-11-8(12-3-1)7-4-9-6-10-5-7/h2-6H. The van der Waals surface area contributed by atoms with Crippen molar-refractivity contribution < 1.29 is 0 Å². The predicted molar refractivity (Wildman–Crippen MR) is 41.9 cm³/mol. The van der Waals surface area contributed by atoms with Crippen LogP contribution in [-0.2, 0) is 0 Å². The lowest BCUT2D eigenvalue weighted by Gasteiger charge is -1.94. The number of aromatic nitrogens is 4. The summed E-state index contributed by atoms with van der Waals surface area (Å²) in [6.07, 6.45) is 7.94. The van der Waals surface area contributed by atoms with E-state index in [4.69, 9.17) is 0 Å². The fourth-order valence-electron chi connectivity index (χ4n) is 0.827. The van der Waals surface area contributed by atoms with Crippen LogP contribution < -0.4 is 0 Å². The first kappa shape index (κ1) is 6.84. The lowest BCUT2D eigenvalue weighted by Crippen LogP contribution is -1.88. The van der Waals surface area contributed by atoms with Crippen molar-refractivity contribution in [2.24, 2.45) is 0 Å². The van der Waals surface area contributed by atoms with Crippen molar-refractivity contribution in [2.75, 3.05) is 0 Å². The number of hydrogen-bond acceptors (Lipinski definition) is 4. The molecule has 57 valence electrons. The summed E-state index contributed by atoms with van der Waals surface area (Å²) in [4.78, 5) is 15.7. The molecule has 0 aromatic carbocycles. The molecule has 0 amide bonds. The zero-order valence-electron chi connectivity index (χ0n) is 6.18. The molecule has 2 aromatic rings. The van der Waals surface area contributed by atoms with Crippen molar-refractivity contribution in [3.63, 3.8) is 0 Å². The molecule has 0 saturated carbocycles. The second kappa shape index (κ2) is 3.04. The third kappa shape index (κ3) is 1.27. The monoisotopic (exact) mass is 157 g/mol. The Hall–Kier alpha value is -1.84. The van der Waals surface area contributed by atoms with Gasteiger partial charge in [0.05, 0.1) is 5.56 Å². The molecular weight excluding hydrogens is 152 g/mol. The minimum atomic E-state index is 0.620. The van der Waals surface area contributed by atoms with Crippen molar-refractivity contribution in [1.29, 1.82) is 0 Å². The van der Waals surface area contributed by atoms with Gasteiger partial charge in [0.25, 0.3) is 0 Å². The largest absolute Gasteiger partial charge is 0.244 e. The maximum atomic E-state index is 4.00. The van der Waals surface area contributed by atoms with Gasteiger partial charge >= 0.3 is 0 Å². The van der Waals surface area contributed by atoms with E-state index in [1.54, 1.807) is 24.8 Å². The van der Waals surface area contributed by atoms with E-state index in [2.05, 4.69) is 26.0 Å². The van der Waals surface area contributed by atoms with Gasteiger partial charge in [-0.05, 0) is 0 Å². The highest BCUT2D eigenvalue weighted by atomic mass is 14.9. The molecule has 0 saturated heterocycles. The lowest BCUT2D eigenvalue weighted by atomic mass is 10.3. The average molecular weight is 157 g/mol. The van der Waals surface area contributed by atoms with Crippen molar-refractivity contribution in [1.82, 2.24) is 19.9 Å². The molecule has 0 aliphatic carbocycles. The molecule has 0 spiro atoms. The Morgan fingerprint density at radius 3 is 2.33 bits per heavy atom. The minimum Gasteiger partial charge on any atom is -0.244 e. The summed E-state index contributed by atoms with van der Waals surface area (Å²) in [5, 5.41) is 0. The van der Waals surface area contributed by atoms with E-state index in [-0.39, 0.29) is 0 Å². The molecule has 2 rings (SSSR count). The normalized spacial score (nSPS) is 9.67. The van der Waals surface area contributed by atoms with E-state index in [1.807, 2.05) is 0 Å². The maximum Gasteiger partial charge on any atom is 0.162 e. The zero-order valence-corrected chi connectivity index (χ0v) is 6.18. The van der Waals surface area contributed by atoms with Crippen LogP contribution in [0.25, 0.3) is 11.4 Å². The van der Waals surface area contributed by atoms with Crippen LogP contribution in [0, 0.1) is 6.07 Å². The molecule has 0 aliphatic heterocycles.